The van der Waals surface area contributed by atoms with E-state index in [-0.39, 0.29) is 35.6 Å². The number of halogens is 2. The van der Waals surface area contributed by atoms with E-state index in [9.17, 15) is 14.6 Å². The molecule has 0 spiro atoms. The summed E-state index contributed by atoms with van der Waals surface area (Å²) in [5.74, 6) is 0.355. The molecule has 2 unspecified atom stereocenters. The summed E-state index contributed by atoms with van der Waals surface area (Å²) in [5, 5.41) is 23.2. The van der Waals surface area contributed by atoms with Crippen LogP contribution >= 0.6 is 12.4 Å². The monoisotopic (exact) mass is 365 g/mol. The molecule has 0 bridgehead atoms. The second-order valence-corrected chi connectivity index (χ2v) is 6.65. The van der Waals surface area contributed by atoms with E-state index >= 15 is 0 Å². The zero-order chi connectivity index (χ0) is 17.1. The summed E-state index contributed by atoms with van der Waals surface area (Å²) in [4.78, 5) is 0. The van der Waals surface area contributed by atoms with Crippen LogP contribution in [0.3, 0.4) is 0 Å². The maximum Gasteiger partial charge on any atom is 0.160 e. The van der Waals surface area contributed by atoms with Gasteiger partial charge in [-0.15, -0.1) is 12.4 Å². The molecule has 3 rings (SSSR count). The first-order chi connectivity index (χ1) is 11.6. The highest BCUT2D eigenvalue weighted by molar-refractivity contribution is 5.85. The van der Waals surface area contributed by atoms with Crippen molar-refractivity contribution in [3.05, 3.63) is 58.9 Å². The van der Waals surface area contributed by atoms with Crippen molar-refractivity contribution in [1.82, 2.24) is 5.32 Å². The largest absolute Gasteiger partial charge is 0.504 e. The molecule has 2 aromatic rings. The van der Waals surface area contributed by atoms with Crippen LogP contribution in [0.5, 0.6) is 11.5 Å². The van der Waals surface area contributed by atoms with E-state index < -0.39 is 0 Å². The maximum atomic E-state index is 13.5. The number of phenolic OH excluding ortho intramolecular Hbond substituents is 2. The third-order valence-electron chi connectivity index (χ3n) is 5.06. The normalized spacial score (nSPS) is 17.4. The van der Waals surface area contributed by atoms with Gasteiger partial charge in [-0.2, -0.15) is 0 Å². The van der Waals surface area contributed by atoms with Gasteiger partial charge in [-0.3, -0.25) is 0 Å². The molecule has 3 nitrogen and oxygen atoms in total. The fourth-order valence-corrected chi connectivity index (χ4v) is 3.98. The van der Waals surface area contributed by atoms with Crippen LogP contribution in [0.4, 0.5) is 4.39 Å². The van der Waals surface area contributed by atoms with Crippen LogP contribution in [0.15, 0.2) is 36.4 Å². The van der Waals surface area contributed by atoms with Crippen molar-refractivity contribution >= 4 is 12.4 Å². The minimum Gasteiger partial charge on any atom is -0.504 e. The fraction of sp³-hybridized carbons (Fsp3) is 0.400. The lowest BCUT2D eigenvalue weighted by Crippen LogP contribution is -2.29. The molecule has 0 amide bonds. The average molecular weight is 366 g/mol. The quantitative estimate of drug-likeness (QED) is 0.697. The van der Waals surface area contributed by atoms with Crippen LogP contribution in [0.2, 0.25) is 0 Å². The first-order valence-corrected chi connectivity index (χ1v) is 8.53. The Morgan fingerprint density at radius 1 is 1.24 bits per heavy atom. The minimum absolute atomic E-state index is 0. The lowest BCUT2D eigenvalue weighted by molar-refractivity contribution is 0.353. The Labute approximate surface area is 154 Å². The van der Waals surface area contributed by atoms with E-state index in [4.69, 9.17) is 0 Å². The van der Waals surface area contributed by atoms with Crippen LogP contribution in [0.1, 0.15) is 35.4 Å². The summed E-state index contributed by atoms with van der Waals surface area (Å²) in [6.07, 6.45) is 3.60. The molecule has 1 aliphatic rings. The molecule has 5 heteroatoms. The van der Waals surface area contributed by atoms with Gasteiger partial charge in [-0.1, -0.05) is 18.2 Å². The predicted molar refractivity (Wildman–Crippen MR) is 100 cm³/mol. The number of nitrogens with one attached hydrogen (secondary N) is 1. The van der Waals surface area contributed by atoms with Gasteiger partial charge in [0.25, 0.3) is 0 Å². The molecule has 1 aliphatic carbocycles. The van der Waals surface area contributed by atoms with E-state index in [2.05, 4.69) is 5.32 Å². The molecule has 3 N–H and O–H groups in total. The van der Waals surface area contributed by atoms with E-state index in [1.54, 1.807) is 18.2 Å². The second kappa shape index (κ2) is 8.54. The third kappa shape index (κ3) is 4.25. The van der Waals surface area contributed by atoms with Crippen LogP contribution < -0.4 is 5.32 Å². The van der Waals surface area contributed by atoms with E-state index in [0.717, 1.165) is 48.9 Å². The Morgan fingerprint density at radius 2 is 2.04 bits per heavy atom. The number of rotatable bonds is 5. The molecule has 0 radical (unpaired) electrons. The molecule has 2 aromatic carbocycles. The lowest BCUT2D eigenvalue weighted by atomic mass is 9.73. The molecule has 136 valence electrons. The van der Waals surface area contributed by atoms with Gasteiger partial charge in [0.15, 0.2) is 11.5 Å². The Morgan fingerprint density at radius 3 is 2.76 bits per heavy atom. The predicted octanol–water partition coefficient (Wildman–Crippen LogP) is 4.16. The van der Waals surface area contributed by atoms with Crippen molar-refractivity contribution in [2.24, 2.45) is 5.92 Å². The SMILES string of the molecule is CNCC(Cc1cccc(F)c1)C1CCCc2c1ccc(O)c2O.Cl. The number of aromatic hydroxyl groups is 2. The van der Waals surface area contributed by atoms with E-state index in [1.807, 2.05) is 19.2 Å². The van der Waals surface area contributed by atoms with Crippen molar-refractivity contribution in [2.45, 2.75) is 31.6 Å². The second-order valence-electron chi connectivity index (χ2n) is 6.65. The topological polar surface area (TPSA) is 52.5 Å². The first kappa shape index (κ1) is 19.5. The Hall–Kier alpha value is -1.78. The van der Waals surface area contributed by atoms with Gasteiger partial charge in [-0.25, -0.2) is 4.39 Å². The van der Waals surface area contributed by atoms with Gasteiger partial charge in [0, 0.05) is 5.56 Å². The summed E-state index contributed by atoms with van der Waals surface area (Å²) < 4.78 is 13.5. The minimum atomic E-state index is -0.206. The van der Waals surface area contributed by atoms with Crippen molar-refractivity contribution in [1.29, 1.82) is 0 Å². The Balaban J connectivity index is 0.00000225. The number of hydrogen-bond acceptors (Lipinski definition) is 3. The molecule has 2 atom stereocenters. The van der Waals surface area contributed by atoms with E-state index in [1.165, 1.54) is 6.07 Å². The van der Waals surface area contributed by atoms with Gasteiger partial charge in [-0.05, 0) is 80.4 Å². The summed E-state index contributed by atoms with van der Waals surface area (Å²) in [6, 6.07) is 10.3. The highest BCUT2D eigenvalue weighted by Gasteiger charge is 2.30. The van der Waals surface area contributed by atoms with Crippen molar-refractivity contribution in [2.75, 3.05) is 13.6 Å². The zero-order valence-electron chi connectivity index (χ0n) is 14.3. The summed E-state index contributed by atoms with van der Waals surface area (Å²) in [5.41, 5.74) is 2.98. The highest BCUT2D eigenvalue weighted by atomic mass is 35.5. The zero-order valence-corrected chi connectivity index (χ0v) is 15.2. The van der Waals surface area contributed by atoms with Gasteiger partial charge in [0.05, 0.1) is 0 Å². The van der Waals surface area contributed by atoms with Crippen LogP contribution in [0.25, 0.3) is 0 Å². The van der Waals surface area contributed by atoms with Gasteiger partial charge in [0.1, 0.15) is 5.82 Å². The number of hydrogen-bond donors (Lipinski definition) is 3. The van der Waals surface area contributed by atoms with Crippen molar-refractivity contribution < 1.29 is 14.6 Å². The van der Waals surface area contributed by atoms with Crippen molar-refractivity contribution in [3.8, 4) is 11.5 Å². The smallest absolute Gasteiger partial charge is 0.160 e. The van der Waals surface area contributed by atoms with Crippen LogP contribution in [-0.2, 0) is 12.8 Å². The van der Waals surface area contributed by atoms with Crippen molar-refractivity contribution in [3.63, 3.8) is 0 Å². The summed E-state index contributed by atoms with van der Waals surface area (Å²) in [7, 11) is 1.93. The molecule has 25 heavy (non-hydrogen) atoms. The molecule has 0 fully saturated rings. The molecular formula is C20H25ClFNO2. The first-order valence-electron chi connectivity index (χ1n) is 8.53. The maximum absolute atomic E-state index is 13.5. The standard InChI is InChI=1S/C20H24FNO2.ClH/c1-22-12-14(10-13-4-2-5-15(21)11-13)16-6-3-7-18-17(16)8-9-19(23)20(18)24;/h2,4-5,8-9,11,14,16,22-24H,3,6-7,10,12H2,1H3;1H. The number of phenols is 2. The molecule has 0 aliphatic heterocycles. The molecule has 0 saturated heterocycles. The Kier molecular flexibility index (Phi) is 6.68. The average Bonchev–Trinajstić information content (AvgIpc) is 2.57. The lowest BCUT2D eigenvalue weighted by Gasteiger charge is -2.33. The molecule has 0 heterocycles. The van der Waals surface area contributed by atoms with Gasteiger partial charge < -0.3 is 15.5 Å². The summed E-state index contributed by atoms with van der Waals surface area (Å²) >= 11 is 0. The van der Waals surface area contributed by atoms with Gasteiger partial charge >= 0.3 is 0 Å². The van der Waals surface area contributed by atoms with Crippen LogP contribution in [0, 0.1) is 11.7 Å². The summed E-state index contributed by atoms with van der Waals surface area (Å²) in [6.45, 7) is 0.822. The fourth-order valence-electron chi connectivity index (χ4n) is 3.98. The number of fused-ring (bicyclic) bond motifs is 1. The number of benzene rings is 2. The van der Waals surface area contributed by atoms with Crippen LogP contribution in [-0.4, -0.2) is 23.8 Å². The molecule has 0 aromatic heterocycles. The van der Waals surface area contributed by atoms with Gasteiger partial charge in [0.2, 0.25) is 0 Å². The third-order valence-corrected chi connectivity index (χ3v) is 5.06. The van der Waals surface area contributed by atoms with E-state index in [0.29, 0.717) is 5.92 Å². The molecular weight excluding hydrogens is 341 g/mol. The Bertz CT molecular complexity index is 723. The molecule has 0 saturated carbocycles. The highest BCUT2D eigenvalue weighted by Crippen LogP contribution is 2.44.